The van der Waals surface area contributed by atoms with E-state index < -0.39 is 0 Å². The number of carbonyl (C=O) groups excluding carboxylic acids is 1. The van der Waals surface area contributed by atoms with Crippen LogP contribution in [0.4, 0.5) is 5.13 Å². The van der Waals surface area contributed by atoms with Crippen molar-refractivity contribution in [1.29, 1.82) is 0 Å². The number of amides is 1. The van der Waals surface area contributed by atoms with Gasteiger partial charge in [0.05, 0.1) is 9.93 Å². The Morgan fingerprint density at radius 2 is 2.11 bits per heavy atom. The molecule has 1 aromatic carbocycles. The number of amidine groups is 1. The number of hydrogen-bond acceptors (Lipinski definition) is 6. The van der Waals surface area contributed by atoms with Gasteiger partial charge in [0.15, 0.2) is 5.17 Å². The minimum atomic E-state index is -0.144. The van der Waals surface area contributed by atoms with Crippen LogP contribution in [0.15, 0.2) is 56.2 Å². The molecule has 0 bridgehead atoms. The van der Waals surface area contributed by atoms with Crippen molar-refractivity contribution in [2.75, 3.05) is 7.05 Å². The number of benzene rings is 1. The van der Waals surface area contributed by atoms with E-state index in [1.165, 1.54) is 28.0 Å². The molecule has 0 spiro atoms. The van der Waals surface area contributed by atoms with Crippen LogP contribution in [0.25, 0.3) is 17.4 Å². The molecule has 0 N–H and O–H groups in total. The van der Waals surface area contributed by atoms with Gasteiger partial charge in [-0.1, -0.05) is 23.2 Å². The van der Waals surface area contributed by atoms with Crippen molar-refractivity contribution in [2.45, 2.75) is 0 Å². The van der Waals surface area contributed by atoms with E-state index in [0.29, 0.717) is 42.3 Å². The molecule has 1 fully saturated rings. The number of nitrogens with zero attached hydrogens (tertiary/aromatic N) is 3. The average molecular weight is 436 g/mol. The van der Waals surface area contributed by atoms with Gasteiger partial charge in [-0.15, -0.1) is 11.3 Å². The maximum Gasteiger partial charge on any atom is 0.266 e. The van der Waals surface area contributed by atoms with Crippen LogP contribution < -0.4 is 0 Å². The molecule has 0 unspecified atom stereocenters. The average Bonchev–Trinajstić information content (AvgIpc) is 3.37. The van der Waals surface area contributed by atoms with E-state index in [2.05, 4.69) is 9.98 Å². The quantitative estimate of drug-likeness (QED) is 0.477. The summed E-state index contributed by atoms with van der Waals surface area (Å²) in [6, 6.07) is 8.74. The predicted molar refractivity (Wildman–Crippen MR) is 112 cm³/mol. The molecule has 1 saturated heterocycles. The number of thioether (sulfide) groups is 1. The summed E-state index contributed by atoms with van der Waals surface area (Å²) < 4.78 is 5.84. The molecular formula is C18H11Cl2N3O2S2. The molecule has 27 heavy (non-hydrogen) atoms. The van der Waals surface area contributed by atoms with Crippen molar-refractivity contribution < 1.29 is 9.21 Å². The Kier molecular flexibility index (Phi) is 5.10. The van der Waals surface area contributed by atoms with E-state index in [9.17, 15) is 4.79 Å². The van der Waals surface area contributed by atoms with Gasteiger partial charge in [-0.05, 0) is 42.1 Å². The van der Waals surface area contributed by atoms with Crippen molar-refractivity contribution in [3.8, 4) is 11.3 Å². The van der Waals surface area contributed by atoms with Crippen LogP contribution in [0.3, 0.4) is 0 Å². The zero-order chi connectivity index (χ0) is 19.0. The molecule has 0 aliphatic carbocycles. The Hall–Kier alpha value is -2.06. The van der Waals surface area contributed by atoms with Gasteiger partial charge >= 0.3 is 0 Å². The second-order valence-corrected chi connectivity index (χ2v) is 8.24. The highest BCUT2D eigenvalue weighted by Crippen LogP contribution is 2.36. The number of halogens is 2. The summed E-state index contributed by atoms with van der Waals surface area (Å²) >= 11 is 14.9. The van der Waals surface area contributed by atoms with Crippen LogP contribution in [-0.2, 0) is 4.79 Å². The number of thiazole rings is 1. The van der Waals surface area contributed by atoms with E-state index in [1.54, 1.807) is 49.7 Å². The van der Waals surface area contributed by atoms with Crippen LogP contribution in [0.2, 0.25) is 10.0 Å². The Morgan fingerprint density at radius 3 is 2.89 bits per heavy atom. The predicted octanol–water partition coefficient (Wildman–Crippen LogP) is 5.94. The highest BCUT2D eigenvalue weighted by molar-refractivity contribution is 8.18. The lowest BCUT2D eigenvalue weighted by atomic mass is 10.2. The minimum Gasteiger partial charge on any atom is -0.457 e. The van der Waals surface area contributed by atoms with Crippen LogP contribution in [-0.4, -0.2) is 28.0 Å². The largest absolute Gasteiger partial charge is 0.457 e. The molecule has 1 aliphatic rings. The van der Waals surface area contributed by atoms with Crippen molar-refractivity contribution in [3.63, 3.8) is 0 Å². The molecule has 1 aliphatic heterocycles. The van der Waals surface area contributed by atoms with Crippen molar-refractivity contribution in [1.82, 2.24) is 9.88 Å². The smallest absolute Gasteiger partial charge is 0.266 e. The first-order valence-corrected chi connectivity index (χ1v) is 10.2. The first kappa shape index (κ1) is 18.3. The van der Waals surface area contributed by atoms with Crippen LogP contribution in [0.5, 0.6) is 0 Å². The van der Waals surface area contributed by atoms with Crippen molar-refractivity contribution in [2.24, 2.45) is 4.99 Å². The van der Waals surface area contributed by atoms with Crippen LogP contribution in [0.1, 0.15) is 5.76 Å². The minimum absolute atomic E-state index is 0.144. The third kappa shape index (κ3) is 3.82. The lowest BCUT2D eigenvalue weighted by molar-refractivity contribution is -0.121. The fourth-order valence-corrected chi connectivity index (χ4v) is 4.29. The second-order valence-electron chi connectivity index (χ2n) is 5.51. The standard InChI is InChI=1S/C18H11Cl2N3O2S2/c1-23-16(24)15(27-18(23)22-17-21-6-7-26-17)9-11-3-5-14(25-11)12-8-10(19)2-4-13(12)20/h2-9H,1H3/b15-9+,22-18+. The van der Waals surface area contributed by atoms with E-state index >= 15 is 0 Å². The summed E-state index contributed by atoms with van der Waals surface area (Å²) in [5, 5.41) is 4.12. The van der Waals surface area contributed by atoms with Gasteiger partial charge in [-0.25, -0.2) is 4.98 Å². The summed E-state index contributed by atoms with van der Waals surface area (Å²) in [4.78, 5) is 23.0. The van der Waals surface area contributed by atoms with Gasteiger partial charge in [0.1, 0.15) is 11.5 Å². The zero-order valence-corrected chi connectivity index (χ0v) is 17.0. The second kappa shape index (κ2) is 7.52. The number of rotatable bonds is 3. The number of carbonyl (C=O) groups is 1. The number of likely N-dealkylation sites (N-methyl/N-ethyl adjacent to an activating group) is 1. The Balaban J connectivity index is 1.62. The maximum atomic E-state index is 12.5. The molecule has 136 valence electrons. The SMILES string of the molecule is CN1C(=O)/C(=C\c2ccc(-c3cc(Cl)ccc3Cl)o2)S/C1=N/c1nccs1. The molecule has 1 amide bonds. The molecule has 3 aromatic rings. The Bertz CT molecular complexity index is 1070. The van der Waals surface area contributed by atoms with Crippen molar-refractivity contribution >= 4 is 68.6 Å². The van der Waals surface area contributed by atoms with Gasteiger partial charge in [0, 0.05) is 35.3 Å². The summed E-state index contributed by atoms with van der Waals surface area (Å²) in [7, 11) is 1.68. The Morgan fingerprint density at radius 1 is 1.26 bits per heavy atom. The van der Waals surface area contributed by atoms with Gasteiger partial charge < -0.3 is 4.42 Å². The fraction of sp³-hybridized carbons (Fsp3) is 0.0556. The van der Waals surface area contributed by atoms with Crippen LogP contribution >= 0.6 is 46.3 Å². The van der Waals surface area contributed by atoms with Gasteiger partial charge in [-0.2, -0.15) is 4.99 Å². The van der Waals surface area contributed by atoms with Crippen LogP contribution in [0, 0.1) is 0 Å². The summed E-state index contributed by atoms with van der Waals surface area (Å²) in [6.45, 7) is 0. The van der Waals surface area contributed by atoms with Crippen molar-refractivity contribution in [3.05, 3.63) is 62.6 Å². The topological polar surface area (TPSA) is 58.7 Å². The summed E-state index contributed by atoms with van der Waals surface area (Å²) in [5.74, 6) is 0.977. The van der Waals surface area contributed by atoms with E-state index in [0.717, 1.165) is 0 Å². The molecule has 4 rings (SSSR count). The number of aromatic nitrogens is 1. The van der Waals surface area contributed by atoms with Gasteiger partial charge in [-0.3, -0.25) is 9.69 Å². The molecule has 0 radical (unpaired) electrons. The first-order chi connectivity index (χ1) is 13.0. The third-order valence-electron chi connectivity index (χ3n) is 3.71. The normalized spacial score (nSPS) is 17.4. The lowest BCUT2D eigenvalue weighted by Gasteiger charge is -2.05. The number of furan rings is 1. The van der Waals surface area contributed by atoms with Gasteiger partial charge in [0.2, 0.25) is 5.13 Å². The first-order valence-electron chi connectivity index (χ1n) is 7.72. The Labute approximate surface area is 173 Å². The molecule has 2 aromatic heterocycles. The zero-order valence-electron chi connectivity index (χ0n) is 13.8. The molecule has 9 heteroatoms. The monoisotopic (exact) mass is 435 g/mol. The lowest BCUT2D eigenvalue weighted by Crippen LogP contribution is -2.23. The summed E-state index contributed by atoms with van der Waals surface area (Å²) in [6.07, 6.45) is 3.36. The van der Waals surface area contributed by atoms with E-state index in [4.69, 9.17) is 27.6 Å². The fourth-order valence-electron chi connectivity index (χ4n) is 2.40. The van der Waals surface area contributed by atoms with E-state index in [-0.39, 0.29) is 5.91 Å². The van der Waals surface area contributed by atoms with E-state index in [1.807, 2.05) is 5.38 Å². The maximum absolute atomic E-state index is 12.5. The number of hydrogen-bond donors (Lipinski definition) is 0. The number of aliphatic imine (C=N–C) groups is 1. The molecule has 0 atom stereocenters. The molecule has 5 nitrogen and oxygen atoms in total. The van der Waals surface area contributed by atoms with Gasteiger partial charge in [0.25, 0.3) is 5.91 Å². The third-order valence-corrected chi connectivity index (χ3v) is 6.00. The summed E-state index contributed by atoms with van der Waals surface area (Å²) in [5.41, 5.74) is 0.697. The molecular weight excluding hydrogens is 425 g/mol. The molecule has 0 saturated carbocycles. The molecule has 3 heterocycles. The highest BCUT2D eigenvalue weighted by atomic mass is 35.5. The highest BCUT2D eigenvalue weighted by Gasteiger charge is 2.31.